The van der Waals surface area contributed by atoms with Crippen LogP contribution < -0.4 is 5.32 Å². The van der Waals surface area contributed by atoms with E-state index in [-0.39, 0.29) is 11.9 Å². The van der Waals surface area contributed by atoms with Crippen molar-refractivity contribution in [3.8, 4) is 6.07 Å². The van der Waals surface area contributed by atoms with Gasteiger partial charge in [0.25, 0.3) is 0 Å². The molecule has 1 aromatic rings. The van der Waals surface area contributed by atoms with E-state index in [9.17, 15) is 4.79 Å². The van der Waals surface area contributed by atoms with Crippen LogP contribution in [0.3, 0.4) is 0 Å². The van der Waals surface area contributed by atoms with E-state index >= 15 is 0 Å². The maximum absolute atomic E-state index is 12.1. The lowest BCUT2D eigenvalue weighted by Gasteiger charge is -2.20. The number of hydrogen-bond donors (Lipinski definition) is 1. The zero-order valence-electron chi connectivity index (χ0n) is 10.9. The zero-order valence-corrected chi connectivity index (χ0v) is 10.9. The van der Waals surface area contributed by atoms with E-state index in [1.54, 1.807) is 0 Å². The number of carbonyl (C=O) groups is 1. The van der Waals surface area contributed by atoms with Gasteiger partial charge in [-0.05, 0) is 31.2 Å². The molecule has 98 valence electrons. The summed E-state index contributed by atoms with van der Waals surface area (Å²) in [6.07, 6.45) is 7.54. The van der Waals surface area contributed by atoms with Crippen molar-refractivity contribution in [1.82, 2.24) is 5.32 Å². The molecular weight excluding hydrogens is 236 g/mol. The van der Waals surface area contributed by atoms with Crippen molar-refractivity contribution >= 4 is 5.91 Å². The van der Waals surface area contributed by atoms with Crippen molar-refractivity contribution in [3.05, 3.63) is 48.0 Å². The molecule has 0 radical (unpaired) electrons. The second-order valence-electron chi connectivity index (χ2n) is 4.86. The summed E-state index contributed by atoms with van der Waals surface area (Å²) in [6.45, 7) is 0. The average Bonchev–Trinajstić information content (AvgIpc) is 2.47. The van der Waals surface area contributed by atoms with Crippen LogP contribution in [0.25, 0.3) is 0 Å². The maximum atomic E-state index is 12.1. The second kappa shape index (κ2) is 6.75. The van der Waals surface area contributed by atoms with Gasteiger partial charge in [-0.25, -0.2) is 0 Å². The smallest absolute Gasteiger partial charge is 0.237 e. The van der Waals surface area contributed by atoms with Crippen LogP contribution in [0.2, 0.25) is 0 Å². The van der Waals surface area contributed by atoms with E-state index in [4.69, 9.17) is 5.26 Å². The predicted molar refractivity (Wildman–Crippen MR) is 74.2 cm³/mol. The molecule has 0 aliphatic heterocycles. The van der Waals surface area contributed by atoms with Crippen LogP contribution in [-0.4, -0.2) is 11.9 Å². The van der Waals surface area contributed by atoms with Gasteiger partial charge in [-0.15, -0.1) is 0 Å². The highest BCUT2D eigenvalue weighted by Gasteiger charge is 2.21. The van der Waals surface area contributed by atoms with Crippen LogP contribution in [0, 0.1) is 17.2 Å². The topological polar surface area (TPSA) is 52.9 Å². The fourth-order valence-electron chi connectivity index (χ4n) is 2.27. The molecule has 0 heterocycles. The molecule has 0 fully saturated rings. The molecule has 2 atom stereocenters. The van der Waals surface area contributed by atoms with E-state index < -0.39 is 5.92 Å². The lowest BCUT2D eigenvalue weighted by Crippen LogP contribution is -2.39. The Labute approximate surface area is 113 Å². The summed E-state index contributed by atoms with van der Waals surface area (Å²) < 4.78 is 0. The number of hydrogen-bond acceptors (Lipinski definition) is 2. The Kier molecular flexibility index (Phi) is 4.74. The summed E-state index contributed by atoms with van der Waals surface area (Å²) in [4.78, 5) is 12.1. The Hall–Kier alpha value is -2.08. The Balaban J connectivity index is 1.92. The molecule has 1 aliphatic carbocycles. The largest absolute Gasteiger partial charge is 0.352 e. The SMILES string of the molecule is N#CC(Cc1ccccc1)C(=O)NC1CC=CCC1. The first-order valence-electron chi connectivity index (χ1n) is 6.68. The molecule has 3 nitrogen and oxygen atoms in total. The predicted octanol–water partition coefficient (Wildman–Crippen LogP) is 2.59. The Morgan fingerprint density at radius 1 is 1.37 bits per heavy atom. The molecule has 1 aromatic carbocycles. The molecule has 0 saturated heterocycles. The summed E-state index contributed by atoms with van der Waals surface area (Å²) in [6, 6.07) is 12.0. The summed E-state index contributed by atoms with van der Waals surface area (Å²) in [7, 11) is 0. The molecule has 0 spiro atoms. The number of nitriles is 1. The molecule has 0 saturated carbocycles. The molecule has 1 amide bonds. The highest BCUT2D eigenvalue weighted by atomic mass is 16.1. The molecule has 2 rings (SSSR count). The second-order valence-corrected chi connectivity index (χ2v) is 4.86. The minimum atomic E-state index is -0.603. The minimum Gasteiger partial charge on any atom is -0.352 e. The first-order valence-corrected chi connectivity index (χ1v) is 6.68. The Morgan fingerprint density at radius 3 is 2.79 bits per heavy atom. The van der Waals surface area contributed by atoms with Gasteiger partial charge in [0.2, 0.25) is 5.91 Å². The van der Waals surface area contributed by atoms with Gasteiger partial charge in [0.1, 0.15) is 5.92 Å². The van der Waals surface area contributed by atoms with E-state index in [0.29, 0.717) is 6.42 Å². The molecule has 2 unspecified atom stereocenters. The van der Waals surface area contributed by atoms with E-state index in [1.807, 2.05) is 30.3 Å². The van der Waals surface area contributed by atoms with Crippen molar-refractivity contribution in [2.75, 3.05) is 0 Å². The molecular formula is C16H18N2O. The monoisotopic (exact) mass is 254 g/mol. The van der Waals surface area contributed by atoms with Crippen molar-refractivity contribution in [2.24, 2.45) is 5.92 Å². The fourth-order valence-corrected chi connectivity index (χ4v) is 2.27. The average molecular weight is 254 g/mol. The van der Waals surface area contributed by atoms with Crippen LogP contribution >= 0.6 is 0 Å². The Bertz CT molecular complexity index is 487. The molecule has 1 N–H and O–H groups in total. The third-order valence-corrected chi connectivity index (χ3v) is 3.37. The lowest BCUT2D eigenvalue weighted by atomic mass is 9.97. The van der Waals surface area contributed by atoms with Crippen LogP contribution in [0.5, 0.6) is 0 Å². The lowest BCUT2D eigenvalue weighted by molar-refractivity contribution is -0.124. The van der Waals surface area contributed by atoms with Gasteiger partial charge >= 0.3 is 0 Å². The van der Waals surface area contributed by atoms with Gasteiger partial charge in [0, 0.05) is 6.04 Å². The Morgan fingerprint density at radius 2 is 2.16 bits per heavy atom. The first kappa shape index (κ1) is 13.4. The van der Waals surface area contributed by atoms with E-state index in [2.05, 4.69) is 23.5 Å². The summed E-state index contributed by atoms with van der Waals surface area (Å²) in [5.41, 5.74) is 1.02. The number of rotatable bonds is 4. The fraction of sp³-hybridized carbons (Fsp3) is 0.375. The molecule has 3 heteroatoms. The van der Waals surface area contributed by atoms with Crippen molar-refractivity contribution < 1.29 is 4.79 Å². The summed E-state index contributed by atoms with van der Waals surface area (Å²) in [5, 5.41) is 12.1. The summed E-state index contributed by atoms with van der Waals surface area (Å²) in [5.74, 6) is -0.750. The quantitative estimate of drug-likeness (QED) is 0.840. The van der Waals surface area contributed by atoms with Gasteiger partial charge < -0.3 is 5.32 Å². The van der Waals surface area contributed by atoms with Crippen molar-refractivity contribution in [3.63, 3.8) is 0 Å². The molecule has 1 aliphatic rings. The first-order chi connectivity index (χ1) is 9.29. The molecule has 0 aromatic heterocycles. The standard InChI is InChI=1S/C16H18N2O/c17-12-14(11-13-7-3-1-4-8-13)16(19)18-15-9-5-2-6-10-15/h1-5,7-8,14-15H,6,9-11H2,(H,18,19). The third-order valence-electron chi connectivity index (χ3n) is 3.37. The van der Waals surface area contributed by atoms with Gasteiger partial charge in [0.05, 0.1) is 6.07 Å². The van der Waals surface area contributed by atoms with Gasteiger partial charge in [-0.3, -0.25) is 4.79 Å². The number of carbonyl (C=O) groups excluding carboxylic acids is 1. The van der Waals surface area contributed by atoms with Gasteiger partial charge in [-0.1, -0.05) is 42.5 Å². The number of nitrogens with one attached hydrogen (secondary N) is 1. The van der Waals surface area contributed by atoms with E-state index in [0.717, 1.165) is 24.8 Å². The van der Waals surface area contributed by atoms with Gasteiger partial charge in [0.15, 0.2) is 0 Å². The van der Waals surface area contributed by atoms with Crippen LogP contribution in [0.1, 0.15) is 24.8 Å². The van der Waals surface area contributed by atoms with E-state index in [1.165, 1.54) is 0 Å². The zero-order chi connectivity index (χ0) is 13.5. The minimum absolute atomic E-state index is 0.147. The van der Waals surface area contributed by atoms with Crippen LogP contribution in [0.15, 0.2) is 42.5 Å². The number of allylic oxidation sites excluding steroid dienone is 1. The third kappa shape index (κ3) is 3.96. The summed E-state index contributed by atoms with van der Waals surface area (Å²) >= 11 is 0. The van der Waals surface area contributed by atoms with Gasteiger partial charge in [-0.2, -0.15) is 5.26 Å². The number of amides is 1. The maximum Gasteiger partial charge on any atom is 0.237 e. The van der Waals surface area contributed by atoms with Crippen LogP contribution in [0.4, 0.5) is 0 Å². The van der Waals surface area contributed by atoms with Crippen molar-refractivity contribution in [1.29, 1.82) is 5.26 Å². The highest BCUT2D eigenvalue weighted by molar-refractivity contribution is 5.81. The highest BCUT2D eigenvalue weighted by Crippen LogP contribution is 2.13. The molecule has 19 heavy (non-hydrogen) atoms. The number of nitrogens with zero attached hydrogens (tertiary/aromatic N) is 1. The van der Waals surface area contributed by atoms with Crippen molar-refractivity contribution in [2.45, 2.75) is 31.7 Å². The molecule has 0 bridgehead atoms. The number of benzene rings is 1. The normalized spacial score (nSPS) is 19.4. The van der Waals surface area contributed by atoms with Crippen LogP contribution in [-0.2, 0) is 11.2 Å².